The van der Waals surface area contributed by atoms with E-state index in [-0.39, 0.29) is 0 Å². The molecule has 1 aromatic heterocycles. The molecular formula is C6H8NO2. The summed E-state index contributed by atoms with van der Waals surface area (Å²) in [5, 5.41) is 3.50. The first-order valence-corrected chi connectivity index (χ1v) is 2.70. The minimum Gasteiger partial charge on any atom is -0.373 e. The van der Waals surface area contributed by atoms with Crippen LogP contribution in [0.3, 0.4) is 0 Å². The van der Waals surface area contributed by atoms with Crippen LogP contribution in [0.4, 0.5) is 0 Å². The Morgan fingerprint density at radius 1 is 1.78 bits per heavy atom. The fraction of sp³-hybridized carbons (Fsp3) is 0.333. The Hall–Kier alpha value is -0.830. The van der Waals surface area contributed by atoms with Crippen molar-refractivity contribution < 1.29 is 9.26 Å². The normalized spacial score (nSPS) is 9.89. The minimum atomic E-state index is 0.459. The summed E-state index contributed by atoms with van der Waals surface area (Å²) in [5.74, 6) is 0.735. The van der Waals surface area contributed by atoms with Crippen LogP contribution in [0.2, 0.25) is 0 Å². The van der Waals surface area contributed by atoms with E-state index in [0.717, 1.165) is 5.76 Å². The smallest absolute Gasteiger partial charge is 0.162 e. The Morgan fingerprint density at radius 2 is 2.67 bits per heavy atom. The SMILES string of the molecule is [CH2]COCc1ccno1. The second-order valence-electron chi connectivity index (χ2n) is 1.53. The van der Waals surface area contributed by atoms with Gasteiger partial charge in [-0.1, -0.05) is 5.16 Å². The molecular weight excluding hydrogens is 118 g/mol. The van der Waals surface area contributed by atoms with Crippen LogP contribution in [0.15, 0.2) is 16.8 Å². The van der Waals surface area contributed by atoms with Crippen molar-refractivity contribution in [2.24, 2.45) is 0 Å². The maximum absolute atomic E-state index is 4.93. The molecule has 0 aliphatic heterocycles. The van der Waals surface area contributed by atoms with Gasteiger partial charge >= 0.3 is 0 Å². The van der Waals surface area contributed by atoms with E-state index >= 15 is 0 Å². The van der Waals surface area contributed by atoms with Gasteiger partial charge in [0.2, 0.25) is 0 Å². The van der Waals surface area contributed by atoms with Crippen LogP contribution in [0, 0.1) is 6.92 Å². The van der Waals surface area contributed by atoms with Crippen LogP contribution < -0.4 is 0 Å². The average Bonchev–Trinajstić information content (AvgIpc) is 2.34. The topological polar surface area (TPSA) is 35.3 Å². The molecule has 0 saturated heterocycles. The number of rotatable bonds is 3. The fourth-order valence-electron chi connectivity index (χ4n) is 0.489. The maximum Gasteiger partial charge on any atom is 0.162 e. The van der Waals surface area contributed by atoms with Crippen molar-refractivity contribution in [2.45, 2.75) is 6.61 Å². The average molecular weight is 126 g/mol. The van der Waals surface area contributed by atoms with Crippen LogP contribution in [0.25, 0.3) is 0 Å². The zero-order valence-electron chi connectivity index (χ0n) is 5.04. The van der Waals surface area contributed by atoms with Crippen molar-refractivity contribution in [2.75, 3.05) is 6.61 Å². The number of hydrogen-bond donors (Lipinski definition) is 0. The van der Waals surface area contributed by atoms with Gasteiger partial charge < -0.3 is 9.26 Å². The van der Waals surface area contributed by atoms with Gasteiger partial charge in [-0.2, -0.15) is 0 Å². The zero-order chi connectivity index (χ0) is 6.53. The third-order valence-electron chi connectivity index (χ3n) is 0.880. The van der Waals surface area contributed by atoms with Crippen molar-refractivity contribution >= 4 is 0 Å². The van der Waals surface area contributed by atoms with Crippen molar-refractivity contribution in [3.8, 4) is 0 Å². The van der Waals surface area contributed by atoms with Crippen LogP contribution in [0.1, 0.15) is 5.76 Å². The van der Waals surface area contributed by atoms with E-state index in [1.807, 2.05) is 0 Å². The fourth-order valence-corrected chi connectivity index (χ4v) is 0.489. The van der Waals surface area contributed by atoms with Crippen LogP contribution >= 0.6 is 0 Å². The number of aromatic nitrogens is 1. The molecule has 0 saturated carbocycles. The van der Waals surface area contributed by atoms with E-state index in [2.05, 4.69) is 12.1 Å². The van der Waals surface area contributed by atoms with Crippen molar-refractivity contribution in [3.63, 3.8) is 0 Å². The van der Waals surface area contributed by atoms with Gasteiger partial charge in [0.15, 0.2) is 5.76 Å². The lowest BCUT2D eigenvalue weighted by Crippen LogP contribution is -1.88. The largest absolute Gasteiger partial charge is 0.373 e. The summed E-state index contributed by atoms with van der Waals surface area (Å²) < 4.78 is 9.67. The molecule has 1 heterocycles. The molecule has 0 amide bonds. The molecule has 0 aromatic carbocycles. The van der Waals surface area contributed by atoms with E-state index in [0.29, 0.717) is 13.2 Å². The highest BCUT2D eigenvalue weighted by Crippen LogP contribution is 1.97. The third-order valence-corrected chi connectivity index (χ3v) is 0.880. The Kier molecular flexibility index (Phi) is 2.27. The highest BCUT2D eigenvalue weighted by molar-refractivity contribution is 4.89. The lowest BCUT2D eigenvalue weighted by atomic mass is 10.5. The van der Waals surface area contributed by atoms with Crippen molar-refractivity contribution in [1.82, 2.24) is 5.16 Å². The van der Waals surface area contributed by atoms with Gasteiger partial charge in [0, 0.05) is 12.7 Å². The number of hydrogen-bond acceptors (Lipinski definition) is 3. The highest BCUT2D eigenvalue weighted by atomic mass is 16.5. The second kappa shape index (κ2) is 3.25. The van der Waals surface area contributed by atoms with Crippen LogP contribution in [-0.4, -0.2) is 11.8 Å². The Bertz CT molecular complexity index is 148. The number of nitrogens with zero attached hydrogens (tertiary/aromatic N) is 1. The minimum absolute atomic E-state index is 0.459. The molecule has 0 spiro atoms. The third kappa shape index (κ3) is 1.85. The molecule has 49 valence electrons. The number of ether oxygens (including phenoxy) is 1. The predicted octanol–water partition coefficient (Wildman–Crippen LogP) is 1.03. The van der Waals surface area contributed by atoms with Gasteiger partial charge in [-0.15, -0.1) is 0 Å². The van der Waals surface area contributed by atoms with Gasteiger partial charge in [0.25, 0.3) is 0 Å². The van der Waals surface area contributed by atoms with E-state index in [9.17, 15) is 0 Å². The molecule has 0 atom stereocenters. The van der Waals surface area contributed by atoms with E-state index in [4.69, 9.17) is 9.26 Å². The highest BCUT2D eigenvalue weighted by Gasteiger charge is 1.92. The molecule has 3 nitrogen and oxygen atoms in total. The molecule has 0 N–H and O–H groups in total. The standard InChI is InChI=1S/C6H8NO2/c1-2-8-5-6-3-4-7-9-6/h3-4H,1-2,5H2. The summed E-state index contributed by atoms with van der Waals surface area (Å²) in [7, 11) is 0. The summed E-state index contributed by atoms with van der Waals surface area (Å²) in [4.78, 5) is 0. The molecule has 0 unspecified atom stereocenters. The molecule has 0 bridgehead atoms. The van der Waals surface area contributed by atoms with Gasteiger partial charge in [-0.05, 0) is 6.92 Å². The molecule has 1 radical (unpaired) electrons. The Labute approximate surface area is 53.6 Å². The zero-order valence-corrected chi connectivity index (χ0v) is 5.04. The van der Waals surface area contributed by atoms with Gasteiger partial charge in [0.1, 0.15) is 6.61 Å². The van der Waals surface area contributed by atoms with E-state index < -0.39 is 0 Å². The summed E-state index contributed by atoms with van der Waals surface area (Å²) in [6, 6.07) is 1.76. The maximum atomic E-state index is 4.93. The monoisotopic (exact) mass is 126 g/mol. The summed E-state index contributed by atoms with van der Waals surface area (Å²) in [6.45, 7) is 4.42. The summed E-state index contributed by atoms with van der Waals surface area (Å²) in [6.07, 6.45) is 1.59. The molecule has 1 rings (SSSR count). The van der Waals surface area contributed by atoms with Crippen molar-refractivity contribution in [1.29, 1.82) is 0 Å². The predicted molar refractivity (Wildman–Crippen MR) is 31.5 cm³/mol. The lowest BCUT2D eigenvalue weighted by molar-refractivity contribution is 0.124. The van der Waals surface area contributed by atoms with E-state index in [1.165, 1.54) is 0 Å². The molecule has 0 aliphatic carbocycles. The first kappa shape index (κ1) is 6.29. The molecule has 1 aromatic rings. The quantitative estimate of drug-likeness (QED) is 0.606. The molecule has 9 heavy (non-hydrogen) atoms. The van der Waals surface area contributed by atoms with Crippen LogP contribution in [-0.2, 0) is 11.3 Å². The van der Waals surface area contributed by atoms with Gasteiger partial charge in [0.05, 0.1) is 6.20 Å². The first-order valence-electron chi connectivity index (χ1n) is 2.70. The van der Waals surface area contributed by atoms with E-state index in [1.54, 1.807) is 12.3 Å². The van der Waals surface area contributed by atoms with Crippen molar-refractivity contribution in [3.05, 3.63) is 24.9 Å². The van der Waals surface area contributed by atoms with Gasteiger partial charge in [-0.25, -0.2) is 0 Å². The second-order valence-corrected chi connectivity index (χ2v) is 1.53. The Balaban J connectivity index is 2.30. The molecule has 0 aliphatic rings. The Morgan fingerprint density at radius 3 is 3.22 bits per heavy atom. The summed E-state index contributed by atoms with van der Waals surface area (Å²) >= 11 is 0. The summed E-state index contributed by atoms with van der Waals surface area (Å²) in [5.41, 5.74) is 0. The van der Waals surface area contributed by atoms with Gasteiger partial charge in [-0.3, -0.25) is 0 Å². The van der Waals surface area contributed by atoms with Crippen LogP contribution in [0.5, 0.6) is 0 Å². The molecule has 3 heteroatoms. The first-order chi connectivity index (χ1) is 4.43. The molecule has 0 fully saturated rings. The lowest BCUT2D eigenvalue weighted by Gasteiger charge is -1.92.